The molecule has 1 aromatic rings. The number of ether oxygens (including phenoxy) is 1. The van der Waals surface area contributed by atoms with Gasteiger partial charge in [-0.2, -0.15) is 5.26 Å². The van der Waals surface area contributed by atoms with Crippen LogP contribution in [0.1, 0.15) is 18.9 Å². The lowest BCUT2D eigenvalue weighted by Crippen LogP contribution is -2.00. The van der Waals surface area contributed by atoms with Crippen molar-refractivity contribution in [3.63, 3.8) is 0 Å². The zero-order chi connectivity index (χ0) is 12.0. The molecule has 0 aliphatic carbocycles. The first-order valence-electron chi connectivity index (χ1n) is 4.96. The molecule has 84 valence electrons. The van der Waals surface area contributed by atoms with Gasteiger partial charge < -0.3 is 4.74 Å². The molecule has 0 aliphatic rings. The monoisotopic (exact) mass is 220 g/mol. The van der Waals surface area contributed by atoms with E-state index in [1.165, 1.54) is 6.07 Å². The van der Waals surface area contributed by atoms with E-state index in [-0.39, 0.29) is 17.9 Å². The average molecular weight is 220 g/mol. The average Bonchev–Trinajstić information content (AvgIpc) is 2.27. The highest BCUT2D eigenvalue weighted by molar-refractivity contribution is 5.49. The van der Waals surface area contributed by atoms with Crippen molar-refractivity contribution in [3.05, 3.63) is 33.9 Å². The maximum atomic E-state index is 10.8. The fraction of sp³-hybridized carbons (Fsp3) is 0.364. The molecule has 0 unspecified atom stereocenters. The number of nitro groups is 1. The van der Waals surface area contributed by atoms with E-state index in [0.717, 1.165) is 6.42 Å². The highest BCUT2D eigenvalue weighted by Gasteiger charge is 2.15. The Balaban J connectivity index is 3.00. The van der Waals surface area contributed by atoms with E-state index in [2.05, 4.69) is 0 Å². The summed E-state index contributed by atoms with van der Waals surface area (Å²) in [5, 5.41) is 19.3. The molecule has 1 aromatic carbocycles. The van der Waals surface area contributed by atoms with Crippen molar-refractivity contribution in [2.75, 3.05) is 6.61 Å². The normalized spacial score (nSPS) is 9.50. The summed E-state index contributed by atoms with van der Waals surface area (Å²) >= 11 is 0. The van der Waals surface area contributed by atoms with Crippen LogP contribution in [0, 0.1) is 21.4 Å². The first-order chi connectivity index (χ1) is 7.69. The lowest BCUT2D eigenvalue weighted by molar-refractivity contribution is -0.385. The summed E-state index contributed by atoms with van der Waals surface area (Å²) in [5.74, 6) is 0.258. The van der Waals surface area contributed by atoms with Gasteiger partial charge in [-0.3, -0.25) is 10.1 Å². The molecule has 0 heterocycles. The van der Waals surface area contributed by atoms with Crippen LogP contribution >= 0.6 is 0 Å². The number of nitrogens with zero attached hydrogens (tertiary/aromatic N) is 2. The Bertz CT molecular complexity index is 424. The summed E-state index contributed by atoms with van der Waals surface area (Å²) < 4.78 is 5.26. The van der Waals surface area contributed by atoms with Gasteiger partial charge in [-0.1, -0.05) is 13.0 Å². The fourth-order valence-corrected chi connectivity index (χ4v) is 1.24. The van der Waals surface area contributed by atoms with Crippen LogP contribution in [0.25, 0.3) is 0 Å². The first kappa shape index (κ1) is 12.0. The Morgan fingerprint density at radius 3 is 2.88 bits per heavy atom. The van der Waals surface area contributed by atoms with Gasteiger partial charge in [0.05, 0.1) is 24.0 Å². The van der Waals surface area contributed by atoms with Gasteiger partial charge in [0.2, 0.25) is 0 Å². The van der Waals surface area contributed by atoms with Gasteiger partial charge in [0, 0.05) is 6.07 Å². The number of nitriles is 1. The van der Waals surface area contributed by atoms with Crippen molar-refractivity contribution in [1.82, 2.24) is 0 Å². The second kappa shape index (κ2) is 5.71. The standard InChI is InChI=1S/C11H12N2O3/c1-2-7-16-11-4-3-9(5-6-12)8-10(11)13(14)15/h3-4,8H,2,5,7H2,1H3. The highest BCUT2D eigenvalue weighted by Crippen LogP contribution is 2.28. The van der Waals surface area contributed by atoms with Gasteiger partial charge in [0.25, 0.3) is 0 Å². The van der Waals surface area contributed by atoms with E-state index >= 15 is 0 Å². The highest BCUT2D eigenvalue weighted by atomic mass is 16.6. The second-order valence-corrected chi connectivity index (χ2v) is 3.24. The zero-order valence-corrected chi connectivity index (χ0v) is 8.97. The number of nitro benzene ring substituents is 1. The van der Waals surface area contributed by atoms with Gasteiger partial charge in [0.1, 0.15) is 0 Å². The smallest absolute Gasteiger partial charge is 0.311 e. The third kappa shape index (κ3) is 2.95. The van der Waals surface area contributed by atoms with Crippen molar-refractivity contribution >= 4 is 5.69 Å². The van der Waals surface area contributed by atoms with Crippen molar-refractivity contribution in [3.8, 4) is 11.8 Å². The van der Waals surface area contributed by atoms with Gasteiger partial charge >= 0.3 is 5.69 Å². The summed E-state index contributed by atoms with van der Waals surface area (Å²) in [6.45, 7) is 2.37. The van der Waals surface area contributed by atoms with Gasteiger partial charge in [-0.05, 0) is 18.1 Å². The van der Waals surface area contributed by atoms with Gasteiger partial charge in [-0.15, -0.1) is 0 Å². The van der Waals surface area contributed by atoms with Crippen LogP contribution < -0.4 is 4.74 Å². The van der Waals surface area contributed by atoms with E-state index in [9.17, 15) is 10.1 Å². The minimum absolute atomic E-state index is 0.0822. The molecule has 0 radical (unpaired) electrons. The number of rotatable bonds is 5. The van der Waals surface area contributed by atoms with Crippen LogP contribution in [0.4, 0.5) is 5.69 Å². The van der Waals surface area contributed by atoms with E-state index in [1.807, 2.05) is 13.0 Å². The molecule has 0 saturated carbocycles. The lowest BCUT2D eigenvalue weighted by atomic mass is 10.1. The molecular formula is C11H12N2O3. The van der Waals surface area contributed by atoms with Crippen LogP contribution in [-0.4, -0.2) is 11.5 Å². The topological polar surface area (TPSA) is 76.2 Å². The Labute approximate surface area is 93.4 Å². The van der Waals surface area contributed by atoms with Crippen LogP contribution in [-0.2, 0) is 6.42 Å². The molecule has 0 aromatic heterocycles. The molecular weight excluding hydrogens is 208 g/mol. The molecule has 5 heteroatoms. The summed E-state index contributed by atoms with van der Waals surface area (Å²) in [5.41, 5.74) is 0.541. The minimum atomic E-state index is -0.494. The van der Waals surface area contributed by atoms with Gasteiger partial charge in [0.15, 0.2) is 5.75 Å². The molecule has 0 bridgehead atoms. The number of hydrogen-bond acceptors (Lipinski definition) is 4. The second-order valence-electron chi connectivity index (χ2n) is 3.24. The van der Waals surface area contributed by atoms with Crippen LogP contribution in [0.2, 0.25) is 0 Å². The van der Waals surface area contributed by atoms with E-state index < -0.39 is 4.92 Å². The summed E-state index contributed by atoms with van der Waals surface area (Å²) in [6, 6.07) is 6.54. The maximum absolute atomic E-state index is 10.8. The Kier molecular flexibility index (Phi) is 4.28. The molecule has 1 rings (SSSR count). The van der Waals surface area contributed by atoms with E-state index in [4.69, 9.17) is 10.00 Å². The third-order valence-corrected chi connectivity index (χ3v) is 1.96. The molecule has 0 N–H and O–H groups in total. The molecule has 16 heavy (non-hydrogen) atoms. The quantitative estimate of drug-likeness (QED) is 0.564. The zero-order valence-electron chi connectivity index (χ0n) is 8.97. The summed E-state index contributed by atoms with van der Waals surface area (Å²) in [7, 11) is 0. The van der Waals surface area contributed by atoms with E-state index in [1.54, 1.807) is 12.1 Å². The lowest BCUT2D eigenvalue weighted by Gasteiger charge is -2.05. The predicted molar refractivity (Wildman–Crippen MR) is 58.2 cm³/mol. The molecule has 0 saturated heterocycles. The van der Waals surface area contributed by atoms with Crippen LogP contribution in [0.3, 0.4) is 0 Å². The molecule has 0 fully saturated rings. The molecule has 5 nitrogen and oxygen atoms in total. The summed E-state index contributed by atoms with van der Waals surface area (Å²) in [4.78, 5) is 10.3. The van der Waals surface area contributed by atoms with Crippen LogP contribution in [0.15, 0.2) is 18.2 Å². The van der Waals surface area contributed by atoms with Crippen molar-refractivity contribution in [2.45, 2.75) is 19.8 Å². The third-order valence-electron chi connectivity index (χ3n) is 1.96. The van der Waals surface area contributed by atoms with E-state index in [0.29, 0.717) is 12.2 Å². The van der Waals surface area contributed by atoms with Crippen molar-refractivity contribution < 1.29 is 9.66 Å². The molecule has 0 spiro atoms. The number of benzene rings is 1. The Morgan fingerprint density at radius 1 is 1.56 bits per heavy atom. The Morgan fingerprint density at radius 2 is 2.31 bits per heavy atom. The maximum Gasteiger partial charge on any atom is 0.311 e. The summed E-state index contributed by atoms with van der Waals surface area (Å²) in [6.07, 6.45) is 0.950. The first-order valence-corrected chi connectivity index (χ1v) is 4.96. The predicted octanol–water partition coefficient (Wildman–Crippen LogP) is 2.45. The van der Waals surface area contributed by atoms with Crippen molar-refractivity contribution in [2.24, 2.45) is 0 Å². The number of hydrogen-bond donors (Lipinski definition) is 0. The van der Waals surface area contributed by atoms with Gasteiger partial charge in [-0.25, -0.2) is 0 Å². The Hall–Kier alpha value is -2.09. The van der Waals surface area contributed by atoms with Crippen LogP contribution in [0.5, 0.6) is 5.75 Å². The molecule has 0 amide bonds. The fourth-order valence-electron chi connectivity index (χ4n) is 1.24. The van der Waals surface area contributed by atoms with Crippen molar-refractivity contribution in [1.29, 1.82) is 5.26 Å². The molecule has 0 atom stereocenters. The molecule has 0 aliphatic heterocycles. The minimum Gasteiger partial charge on any atom is -0.487 e. The SMILES string of the molecule is CCCOc1ccc(CC#N)cc1[N+](=O)[O-]. The largest absolute Gasteiger partial charge is 0.487 e.